The van der Waals surface area contributed by atoms with Crippen molar-refractivity contribution in [2.24, 2.45) is 10.9 Å². The van der Waals surface area contributed by atoms with Crippen LogP contribution in [0.15, 0.2) is 29.3 Å². The third kappa shape index (κ3) is 8.19. The van der Waals surface area contributed by atoms with Crippen LogP contribution >= 0.6 is 0 Å². The molecule has 146 valence electrons. The summed E-state index contributed by atoms with van der Waals surface area (Å²) in [5.74, 6) is 1.74. The van der Waals surface area contributed by atoms with Gasteiger partial charge in [0.25, 0.3) is 0 Å². The van der Waals surface area contributed by atoms with Crippen LogP contribution < -0.4 is 5.32 Å². The van der Waals surface area contributed by atoms with E-state index in [9.17, 15) is 0 Å². The minimum Gasteiger partial charge on any atom is -0.379 e. The largest absolute Gasteiger partial charge is 0.379 e. The van der Waals surface area contributed by atoms with E-state index in [0.29, 0.717) is 13.2 Å². The Bertz CT molecular complexity index is 539. The first kappa shape index (κ1) is 20.7. The molecule has 26 heavy (non-hydrogen) atoms. The van der Waals surface area contributed by atoms with Gasteiger partial charge >= 0.3 is 0 Å². The van der Waals surface area contributed by atoms with E-state index in [-0.39, 0.29) is 6.10 Å². The van der Waals surface area contributed by atoms with E-state index < -0.39 is 0 Å². The summed E-state index contributed by atoms with van der Waals surface area (Å²) in [5, 5.41) is 3.36. The highest BCUT2D eigenvalue weighted by Crippen LogP contribution is 2.28. The molecule has 5 nitrogen and oxygen atoms in total. The fourth-order valence-electron chi connectivity index (χ4n) is 2.48. The molecule has 1 saturated carbocycles. The van der Waals surface area contributed by atoms with Crippen LogP contribution in [0.1, 0.15) is 44.7 Å². The molecule has 0 radical (unpaired) electrons. The molecular formula is C21H35N3O2. The second-order valence-corrected chi connectivity index (χ2v) is 7.29. The van der Waals surface area contributed by atoms with Gasteiger partial charge in [-0.15, -0.1) is 0 Å². The Morgan fingerprint density at radius 2 is 1.92 bits per heavy atom. The second-order valence-electron chi connectivity index (χ2n) is 7.29. The minimum atomic E-state index is 0.255. The Hall–Kier alpha value is -1.59. The number of guanidine groups is 1. The molecule has 1 aromatic rings. The van der Waals surface area contributed by atoms with Gasteiger partial charge in [-0.1, -0.05) is 24.3 Å². The van der Waals surface area contributed by atoms with Gasteiger partial charge in [-0.25, -0.2) is 4.99 Å². The highest BCUT2D eigenvalue weighted by atomic mass is 16.5. The second kappa shape index (κ2) is 11.2. The molecule has 0 spiro atoms. The summed E-state index contributed by atoms with van der Waals surface area (Å²) in [4.78, 5) is 6.90. The maximum absolute atomic E-state index is 5.74. The van der Waals surface area contributed by atoms with E-state index >= 15 is 0 Å². The normalized spacial score (nSPS) is 14.7. The van der Waals surface area contributed by atoms with Crippen LogP contribution in [-0.4, -0.2) is 50.3 Å². The number of ether oxygens (including phenoxy) is 2. The minimum absolute atomic E-state index is 0.255. The van der Waals surface area contributed by atoms with Crippen LogP contribution in [0, 0.1) is 5.92 Å². The van der Waals surface area contributed by atoms with E-state index in [1.807, 2.05) is 0 Å². The zero-order valence-electron chi connectivity index (χ0n) is 16.8. The van der Waals surface area contributed by atoms with Crippen molar-refractivity contribution in [1.82, 2.24) is 10.2 Å². The summed E-state index contributed by atoms with van der Waals surface area (Å²) in [5.41, 5.74) is 2.40. The molecule has 0 bridgehead atoms. The lowest BCUT2D eigenvalue weighted by molar-refractivity contribution is 0.0657. The molecule has 2 rings (SSSR count). The van der Waals surface area contributed by atoms with Gasteiger partial charge in [0.2, 0.25) is 0 Å². The molecule has 1 aliphatic carbocycles. The maximum atomic E-state index is 5.74. The molecule has 0 aliphatic heterocycles. The van der Waals surface area contributed by atoms with Crippen molar-refractivity contribution < 1.29 is 9.47 Å². The Labute approximate surface area is 158 Å². The van der Waals surface area contributed by atoms with Gasteiger partial charge in [-0.3, -0.25) is 0 Å². The van der Waals surface area contributed by atoms with Gasteiger partial charge in [0.1, 0.15) is 0 Å². The SMILES string of the molecule is CCNC(=NCc1ccc(COC(C)C)cc1)N(C)CCOCC1CC1. The van der Waals surface area contributed by atoms with Crippen molar-refractivity contribution >= 4 is 5.96 Å². The first-order valence-electron chi connectivity index (χ1n) is 9.85. The topological polar surface area (TPSA) is 46.1 Å². The molecule has 5 heteroatoms. The lowest BCUT2D eigenvalue weighted by atomic mass is 10.1. The first-order valence-corrected chi connectivity index (χ1v) is 9.85. The van der Waals surface area contributed by atoms with Crippen LogP contribution in [0.25, 0.3) is 0 Å². The van der Waals surface area contributed by atoms with Gasteiger partial charge < -0.3 is 19.7 Å². The summed E-state index contributed by atoms with van der Waals surface area (Å²) in [7, 11) is 2.06. The molecule has 0 aromatic heterocycles. The molecule has 0 amide bonds. The first-order chi connectivity index (χ1) is 12.6. The van der Waals surface area contributed by atoms with Crippen LogP contribution in [0.5, 0.6) is 0 Å². The number of nitrogens with zero attached hydrogens (tertiary/aromatic N) is 2. The lowest BCUT2D eigenvalue weighted by Crippen LogP contribution is -2.40. The maximum Gasteiger partial charge on any atom is 0.194 e. The zero-order valence-corrected chi connectivity index (χ0v) is 16.8. The average Bonchev–Trinajstić information content (AvgIpc) is 3.45. The molecule has 0 heterocycles. The lowest BCUT2D eigenvalue weighted by Gasteiger charge is -2.22. The molecular weight excluding hydrogens is 326 g/mol. The summed E-state index contributed by atoms with van der Waals surface area (Å²) in [6.45, 7) is 10.9. The van der Waals surface area contributed by atoms with Crippen molar-refractivity contribution in [1.29, 1.82) is 0 Å². The monoisotopic (exact) mass is 361 g/mol. The number of hydrogen-bond acceptors (Lipinski definition) is 3. The predicted molar refractivity (Wildman–Crippen MR) is 107 cm³/mol. The summed E-state index contributed by atoms with van der Waals surface area (Å²) >= 11 is 0. The summed E-state index contributed by atoms with van der Waals surface area (Å²) < 4.78 is 11.4. The standard InChI is InChI=1S/C21H35N3O2/c1-5-22-21(24(4)12-13-25-15-19-10-11-19)23-14-18-6-8-20(9-7-18)16-26-17(2)3/h6-9,17,19H,5,10-16H2,1-4H3,(H,22,23). The predicted octanol–water partition coefficient (Wildman–Crippen LogP) is 3.44. The molecule has 0 saturated heterocycles. The zero-order chi connectivity index (χ0) is 18.8. The van der Waals surface area contributed by atoms with Gasteiger partial charge in [0, 0.05) is 26.7 Å². The van der Waals surface area contributed by atoms with E-state index in [4.69, 9.17) is 14.5 Å². The number of rotatable bonds is 11. The number of nitrogens with one attached hydrogen (secondary N) is 1. The van der Waals surface area contributed by atoms with Crippen molar-refractivity contribution in [2.45, 2.75) is 52.9 Å². The molecule has 1 aliphatic rings. The van der Waals surface area contributed by atoms with Crippen LogP contribution in [-0.2, 0) is 22.6 Å². The molecule has 0 unspecified atom stereocenters. The smallest absolute Gasteiger partial charge is 0.194 e. The Kier molecular flexibility index (Phi) is 8.92. The third-order valence-corrected chi connectivity index (χ3v) is 4.34. The van der Waals surface area contributed by atoms with E-state index in [1.165, 1.54) is 24.0 Å². The highest BCUT2D eigenvalue weighted by Gasteiger charge is 2.21. The van der Waals surface area contributed by atoms with Gasteiger partial charge in [0.15, 0.2) is 5.96 Å². The van der Waals surface area contributed by atoms with Crippen molar-refractivity contribution in [3.05, 3.63) is 35.4 Å². The summed E-state index contributed by atoms with van der Waals surface area (Å²) in [6.07, 6.45) is 2.93. The van der Waals surface area contributed by atoms with Gasteiger partial charge in [0.05, 0.1) is 25.9 Å². The highest BCUT2D eigenvalue weighted by molar-refractivity contribution is 5.79. The molecule has 1 fully saturated rings. The fraction of sp³-hybridized carbons (Fsp3) is 0.667. The Morgan fingerprint density at radius 1 is 1.23 bits per heavy atom. The molecule has 1 aromatic carbocycles. The summed E-state index contributed by atoms with van der Waals surface area (Å²) in [6, 6.07) is 8.50. The molecule has 1 N–H and O–H groups in total. The number of hydrogen-bond donors (Lipinski definition) is 1. The van der Waals surface area contributed by atoms with Crippen LogP contribution in [0.4, 0.5) is 0 Å². The average molecular weight is 362 g/mol. The fourth-order valence-corrected chi connectivity index (χ4v) is 2.48. The Balaban J connectivity index is 1.80. The van der Waals surface area contributed by atoms with Gasteiger partial charge in [-0.2, -0.15) is 0 Å². The van der Waals surface area contributed by atoms with E-state index in [2.05, 4.69) is 62.3 Å². The van der Waals surface area contributed by atoms with E-state index in [0.717, 1.165) is 38.2 Å². The number of benzene rings is 1. The van der Waals surface area contributed by atoms with E-state index in [1.54, 1.807) is 0 Å². The number of likely N-dealkylation sites (N-methyl/N-ethyl adjacent to an activating group) is 1. The van der Waals surface area contributed by atoms with Crippen molar-refractivity contribution in [2.75, 3.05) is 33.4 Å². The van der Waals surface area contributed by atoms with Crippen LogP contribution in [0.2, 0.25) is 0 Å². The van der Waals surface area contributed by atoms with Crippen LogP contribution in [0.3, 0.4) is 0 Å². The molecule has 0 atom stereocenters. The van der Waals surface area contributed by atoms with Crippen molar-refractivity contribution in [3.63, 3.8) is 0 Å². The van der Waals surface area contributed by atoms with Crippen molar-refractivity contribution in [3.8, 4) is 0 Å². The van der Waals surface area contributed by atoms with Gasteiger partial charge in [-0.05, 0) is 50.7 Å². The Morgan fingerprint density at radius 3 is 2.54 bits per heavy atom. The quantitative estimate of drug-likeness (QED) is 0.373. The number of aliphatic imine (C=N–C) groups is 1. The third-order valence-electron chi connectivity index (χ3n) is 4.34.